The number of para-hydroxylation sites is 2. The number of carbonyl (C=O) groups excluding carboxylic acids is 4. The second kappa shape index (κ2) is 36.7. The molecule has 0 unspecified atom stereocenters. The molecule has 0 atom stereocenters. The first kappa shape index (κ1) is 74.0. The number of benzene rings is 4. The number of nitrogens with zero attached hydrogens (tertiary/aromatic N) is 2. The molecule has 6 aromatic rings. The molecule has 0 radical (unpaired) electrons. The SMILES string of the molecule is C.C.CC(C)(C)OC(=O)Nc1c(F)cccc1F.CCOC(=O)c1ccc(Cl)nc1-c1ccc(F)cc1F.CCOC(=O)c1ccc(Nc2c(F)cccc2F)nc1-c1ccc(F)cc1F.Cl.O=CO[O-].[Cs+].[Cs+].[H-]. The Morgan fingerprint density at radius 3 is 1.42 bits per heavy atom. The Labute approximate surface area is 546 Å². The summed E-state index contributed by atoms with van der Waals surface area (Å²) >= 11 is 5.77. The topological polar surface area (TPSA) is 178 Å². The summed E-state index contributed by atoms with van der Waals surface area (Å²) in [7, 11) is 0. The van der Waals surface area contributed by atoms with Crippen LogP contribution in [0.4, 0.5) is 57.1 Å². The number of halogens is 10. The molecule has 13 nitrogen and oxygen atoms in total. The van der Waals surface area contributed by atoms with Gasteiger partial charge in [0.15, 0.2) is 0 Å². The van der Waals surface area contributed by atoms with Crippen molar-refractivity contribution >= 4 is 65.7 Å². The van der Waals surface area contributed by atoms with Gasteiger partial charge in [-0.1, -0.05) is 38.6 Å². The van der Waals surface area contributed by atoms with E-state index in [0.717, 1.165) is 42.5 Å². The molecule has 1 amide bonds. The van der Waals surface area contributed by atoms with Gasteiger partial charge in [0.2, 0.25) is 0 Å². The van der Waals surface area contributed by atoms with Crippen LogP contribution in [0.1, 0.15) is 71.6 Å². The minimum Gasteiger partial charge on any atom is -1.00 e. The van der Waals surface area contributed by atoms with Crippen LogP contribution < -0.4 is 154 Å². The van der Waals surface area contributed by atoms with Crippen LogP contribution in [-0.4, -0.2) is 53.3 Å². The van der Waals surface area contributed by atoms with Crippen molar-refractivity contribution in [2.45, 2.75) is 55.1 Å². The van der Waals surface area contributed by atoms with E-state index < -0.39 is 81.5 Å². The average molecular weight is 1310 g/mol. The van der Waals surface area contributed by atoms with Crippen molar-refractivity contribution in [2.24, 2.45) is 0 Å². The van der Waals surface area contributed by atoms with Crippen molar-refractivity contribution in [1.29, 1.82) is 0 Å². The molecule has 0 spiro atoms. The van der Waals surface area contributed by atoms with E-state index in [1.807, 2.05) is 5.32 Å². The van der Waals surface area contributed by atoms with Crippen LogP contribution >= 0.6 is 24.0 Å². The van der Waals surface area contributed by atoms with Crippen molar-refractivity contribution < 1.29 is 218 Å². The minimum absolute atomic E-state index is 0. The average Bonchev–Trinajstić information content (AvgIpc) is 3.26. The fraction of sp³-hybridized carbons (Fsp3) is 0.208. The number of aromatic nitrogens is 2. The zero-order chi connectivity index (χ0) is 50.7. The van der Waals surface area contributed by atoms with Gasteiger partial charge in [0, 0.05) is 23.3 Å². The molecule has 0 aliphatic carbocycles. The predicted molar refractivity (Wildman–Crippen MR) is 251 cm³/mol. The van der Waals surface area contributed by atoms with Crippen molar-refractivity contribution in [3.05, 3.63) is 160 Å². The van der Waals surface area contributed by atoms with E-state index in [-0.39, 0.29) is 231 Å². The Balaban J connectivity index is -0.000000476. The summed E-state index contributed by atoms with van der Waals surface area (Å²) in [5.74, 6) is -8.15. The maximum atomic E-state index is 14.3. The molecule has 2 heterocycles. The first-order valence-electron chi connectivity index (χ1n) is 19.4. The first-order valence-corrected chi connectivity index (χ1v) is 19.8. The molecule has 0 fully saturated rings. The number of hydrogen-bond acceptors (Lipinski definition) is 12. The second-order valence-corrected chi connectivity index (χ2v) is 14.3. The number of nitrogens with one attached hydrogen (secondary N) is 2. The van der Waals surface area contributed by atoms with Gasteiger partial charge in [-0.2, -0.15) is 0 Å². The molecule has 25 heteroatoms. The van der Waals surface area contributed by atoms with E-state index in [0.29, 0.717) is 12.1 Å². The van der Waals surface area contributed by atoms with E-state index in [2.05, 4.69) is 20.2 Å². The zero-order valence-corrected chi connectivity index (χ0v) is 52.7. The fourth-order valence-electron chi connectivity index (χ4n) is 5.25. The molecule has 0 saturated carbocycles. The summed E-state index contributed by atoms with van der Waals surface area (Å²) in [5.41, 5.74) is -1.99. The molecular formula is C48H48Cl2Cs2F8N4O9. The van der Waals surface area contributed by atoms with Crippen LogP contribution in [0.15, 0.2) is 97.1 Å². The number of hydrogen-bond donors (Lipinski definition) is 2. The van der Waals surface area contributed by atoms with Crippen molar-refractivity contribution in [1.82, 2.24) is 9.97 Å². The number of rotatable bonds is 10. The van der Waals surface area contributed by atoms with E-state index >= 15 is 0 Å². The van der Waals surface area contributed by atoms with Gasteiger partial charge < -0.3 is 31.1 Å². The molecule has 73 heavy (non-hydrogen) atoms. The molecule has 0 bridgehead atoms. The van der Waals surface area contributed by atoms with Crippen LogP contribution in [0.3, 0.4) is 0 Å². The Morgan fingerprint density at radius 1 is 0.644 bits per heavy atom. The van der Waals surface area contributed by atoms with E-state index in [4.69, 9.17) is 35.9 Å². The molecule has 386 valence electrons. The first-order chi connectivity index (χ1) is 32.1. The maximum absolute atomic E-state index is 14.3. The van der Waals surface area contributed by atoms with Crippen LogP contribution in [0.5, 0.6) is 0 Å². The second-order valence-electron chi connectivity index (χ2n) is 13.9. The third-order valence-electron chi connectivity index (χ3n) is 7.96. The van der Waals surface area contributed by atoms with Gasteiger partial charge >= 0.3 is 156 Å². The van der Waals surface area contributed by atoms with Crippen LogP contribution in [-0.2, 0) is 23.9 Å². The third kappa shape index (κ3) is 24.1. The molecule has 0 saturated heterocycles. The van der Waals surface area contributed by atoms with E-state index in [1.165, 1.54) is 42.5 Å². The predicted octanol–water partition coefficient (Wildman–Crippen LogP) is 6.64. The van der Waals surface area contributed by atoms with Crippen LogP contribution in [0.2, 0.25) is 5.15 Å². The molecule has 0 aliphatic rings. The maximum Gasteiger partial charge on any atom is 1.00 e. The normalized spacial score (nSPS) is 9.63. The molecule has 2 N–H and O–H groups in total. The van der Waals surface area contributed by atoms with E-state index in [9.17, 15) is 49.5 Å². The monoisotopic (exact) mass is 1310 g/mol. The molecular weight excluding hydrogens is 1270 g/mol. The van der Waals surface area contributed by atoms with Gasteiger partial charge in [0.25, 0.3) is 6.47 Å². The van der Waals surface area contributed by atoms with E-state index in [1.54, 1.807) is 34.6 Å². The number of amides is 1. The minimum atomic E-state index is -0.952. The largest absolute Gasteiger partial charge is 1.00 e. The number of ether oxygens (including phenoxy) is 3. The van der Waals surface area contributed by atoms with Gasteiger partial charge in [0.05, 0.1) is 35.7 Å². The molecule has 4 aromatic carbocycles. The third-order valence-corrected chi connectivity index (χ3v) is 8.17. The summed E-state index contributed by atoms with van der Waals surface area (Å²) in [6.45, 7) is 8.29. The molecule has 6 rings (SSSR count). The summed E-state index contributed by atoms with van der Waals surface area (Å²) in [4.78, 5) is 54.6. The number of pyridine rings is 2. The van der Waals surface area contributed by atoms with Gasteiger partial charge in [-0.25, -0.2) is 59.5 Å². The zero-order valence-electron chi connectivity index (χ0n) is 39.6. The van der Waals surface area contributed by atoms with Crippen molar-refractivity contribution in [3.63, 3.8) is 0 Å². The number of esters is 2. The Hall–Kier alpha value is -3.26. The van der Waals surface area contributed by atoms with Crippen molar-refractivity contribution in [2.75, 3.05) is 23.8 Å². The molecule has 0 aliphatic heterocycles. The quantitative estimate of drug-likeness (QED) is 0.0285. The summed E-state index contributed by atoms with van der Waals surface area (Å²) < 4.78 is 123. The summed E-state index contributed by atoms with van der Waals surface area (Å²) in [5, 5.41) is 13.0. The Kier molecular flexibility index (Phi) is 37.2. The summed E-state index contributed by atoms with van der Waals surface area (Å²) in [6, 6.07) is 17.8. The fourth-order valence-corrected chi connectivity index (χ4v) is 5.40. The van der Waals surface area contributed by atoms with Crippen molar-refractivity contribution in [3.8, 4) is 22.5 Å². The Bertz CT molecular complexity index is 2720. The number of anilines is 3. The van der Waals surface area contributed by atoms with Gasteiger partial charge in [0.1, 0.15) is 74.5 Å². The standard InChI is InChI=1S/C20H14F4N2O2.C14H10ClF2NO2.C11H13F2NO2.CH2O3.2CH4.ClH.2Cs.H/c1-2-28-20(27)13-8-9-17(26-19-14(22)4-3-5-15(19)23)25-18(13)12-7-6-11(21)10-16(12)24;1-2-20-14(19)10-5-6-12(15)18-13(10)9-4-3-8(16)7-11(9)17;1-11(2,3)16-10(15)14-9-7(12)5-4-6-8(9)13;2-1-4-3;;;;;;/h3-10H,2H2,1H3,(H,25,26);3-7H,2H2,1H3;4-6H,1-3H3,(H,14,15);1,3H;2*1H4;1H;;;/q;;;;;;;2*+1;-1/p-1. The van der Waals surface area contributed by atoms with Gasteiger partial charge in [-0.05, 0) is 107 Å². The molecule has 2 aromatic heterocycles. The Morgan fingerprint density at radius 2 is 1.04 bits per heavy atom. The van der Waals surface area contributed by atoms with Crippen LogP contribution in [0.25, 0.3) is 22.5 Å². The number of carbonyl (C=O) groups is 4. The van der Waals surface area contributed by atoms with Gasteiger partial charge in [-0.3, -0.25) is 10.1 Å². The summed E-state index contributed by atoms with van der Waals surface area (Å²) in [6.07, 6.45) is -0.892. The smallest absolute Gasteiger partial charge is 1.00 e. The van der Waals surface area contributed by atoms with Crippen LogP contribution in [0, 0.1) is 46.5 Å². The van der Waals surface area contributed by atoms with Gasteiger partial charge in [-0.15, -0.1) is 12.4 Å².